The number of hydrogen-bond acceptors (Lipinski definition) is 6. The Hall–Kier alpha value is -4.92. The van der Waals surface area contributed by atoms with E-state index in [2.05, 4.69) is 144 Å². The van der Waals surface area contributed by atoms with Crippen LogP contribution in [-0.4, -0.2) is 57.9 Å². The molecular weight excluding hydrogens is 645 g/mol. The smallest absolute Gasteiger partial charge is 0.0633 e. The topological polar surface area (TPSA) is 105 Å². The average Bonchev–Trinajstić information content (AvgIpc) is 3.21. The van der Waals surface area contributed by atoms with Crippen LogP contribution in [-0.2, 0) is 13.1 Å². The van der Waals surface area contributed by atoms with E-state index in [0.29, 0.717) is 13.1 Å². The lowest BCUT2D eigenvalue weighted by atomic mass is 9.93. The van der Waals surface area contributed by atoms with Crippen LogP contribution in [0, 0.1) is 0 Å². The first-order valence-electron chi connectivity index (χ1n) is 17.9. The maximum absolute atomic E-state index is 9.57. The lowest BCUT2D eigenvalue weighted by Gasteiger charge is -2.27. The van der Waals surface area contributed by atoms with Crippen molar-refractivity contribution in [2.45, 2.75) is 38.0 Å². The summed E-state index contributed by atoms with van der Waals surface area (Å²) in [7, 11) is 0. The largest absolute Gasteiger partial charge is 0.394 e. The number of fused-ring (bicyclic) bond motifs is 10. The van der Waals surface area contributed by atoms with E-state index in [1.807, 2.05) is 13.8 Å². The van der Waals surface area contributed by atoms with E-state index in [1.54, 1.807) is 0 Å². The molecule has 6 N–H and O–H groups in total. The predicted molar refractivity (Wildman–Crippen MR) is 217 cm³/mol. The molecule has 6 heteroatoms. The Kier molecular flexibility index (Phi) is 10.2. The number of nitrogens with one attached hydrogen (secondary N) is 2. The van der Waals surface area contributed by atoms with Crippen LogP contribution in [0.4, 0.5) is 0 Å². The van der Waals surface area contributed by atoms with Gasteiger partial charge < -0.3 is 31.1 Å². The second kappa shape index (κ2) is 15.0. The number of rotatable bonds is 10. The van der Waals surface area contributed by atoms with Gasteiger partial charge in [0, 0.05) is 13.1 Å². The van der Waals surface area contributed by atoms with Crippen LogP contribution < -0.4 is 10.6 Å². The summed E-state index contributed by atoms with van der Waals surface area (Å²) in [5.41, 5.74) is 0.930. The minimum atomic E-state index is -0.700. The summed E-state index contributed by atoms with van der Waals surface area (Å²) in [5, 5.41) is 59.6. The third-order valence-electron chi connectivity index (χ3n) is 10.5. The van der Waals surface area contributed by atoms with Gasteiger partial charge in [-0.2, -0.15) is 0 Å². The summed E-state index contributed by atoms with van der Waals surface area (Å²) in [6, 6.07) is 46.9. The monoisotopic (exact) mass is 690 g/mol. The Bertz CT molecular complexity index is 2340. The first kappa shape index (κ1) is 35.5. The molecule has 0 aliphatic rings. The molecule has 0 atom stereocenters. The van der Waals surface area contributed by atoms with Gasteiger partial charge in [0.1, 0.15) is 0 Å². The molecule has 264 valence electrons. The fourth-order valence-electron chi connectivity index (χ4n) is 7.11. The maximum atomic E-state index is 9.57. The highest BCUT2D eigenvalue weighted by Gasteiger charge is 2.23. The minimum absolute atomic E-state index is 0.113. The molecular formula is C46H46N2O4. The van der Waals surface area contributed by atoms with Crippen LogP contribution in [0.2, 0.25) is 0 Å². The molecule has 0 unspecified atom stereocenters. The summed E-state index contributed by atoms with van der Waals surface area (Å²) in [5.74, 6) is 0. The van der Waals surface area contributed by atoms with Crippen molar-refractivity contribution in [1.82, 2.24) is 10.6 Å². The number of aliphatic hydroxyl groups is 4. The van der Waals surface area contributed by atoms with Crippen molar-refractivity contribution in [3.8, 4) is 0 Å². The number of hydrogen-bond donors (Lipinski definition) is 6. The minimum Gasteiger partial charge on any atom is -0.394 e. The average molecular weight is 691 g/mol. The molecule has 6 nitrogen and oxygen atoms in total. The predicted octanol–water partition coefficient (Wildman–Crippen LogP) is 7.96. The molecule has 8 aromatic rings. The molecule has 52 heavy (non-hydrogen) atoms. The highest BCUT2D eigenvalue weighted by Crippen LogP contribution is 2.35. The molecule has 0 heterocycles. The van der Waals surface area contributed by atoms with Crippen LogP contribution in [0.15, 0.2) is 133 Å². The van der Waals surface area contributed by atoms with E-state index >= 15 is 0 Å². The van der Waals surface area contributed by atoms with Gasteiger partial charge in [-0.15, -0.1) is 0 Å². The third kappa shape index (κ3) is 6.85. The van der Waals surface area contributed by atoms with E-state index in [9.17, 15) is 20.4 Å². The van der Waals surface area contributed by atoms with E-state index in [1.165, 1.54) is 64.6 Å². The van der Waals surface area contributed by atoms with Crippen molar-refractivity contribution in [3.05, 3.63) is 145 Å². The molecule has 8 aromatic carbocycles. The molecule has 0 radical (unpaired) electrons. The zero-order valence-corrected chi connectivity index (χ0v) is 29.7. The number of benzene rings is 8. The normalized spacial score (nSPS) is 12.3. The third-order valence-corrected chi connectivity index (χ3v) is 10.5. The zero-order valence-electron chi connectivity index (χ0n) is 29.7. The summed E-state index contributed by atoms with van der Waals surface area (Å²) >= 11 is 0. The van der Waals surface area contributed by atoms with Gasteiger partial charge in [-0.3, -0.25) is 0 Å². The van der Waals surface area contributed by atoms with Gasteiger partial charge >= 0.3 is 0 Å². The summed E-state index contributed by atoms with van der Waals surface area (Å²) < 4.78 is 0. The molecule has 0 spiro atoms. The first-order valence-corrected chi connectivity index (χ1v) is 17.9. The van der Waals surface area contributed by atoms with Crippen LogP contribution in [0.5, 0.6) is 0 Å². The van der Waals surface area contributed by atoms with Crippen LogP contribution in [0.1, 0.15) is 25.0 Å². The molecule has 0 aliphatic heterocycles. The van der Waals surface area contributed by atoms with E-state index < -0.39 is 11.1 Å². The lowest BCUT2D eigenvalue weighted by molar-refractivity contribution is 0.103. The molecule has 0 saturated carbocycles. The van der Waals surface area contributed by atoms with Gasteiger partial charge in [0.25, 0.3) is 0 Å². The van der Waals surface area contributed by atoms with E-state index in [0.717, 1.165) is 11.1 Å². The second-order valence-electron chi connectivity index (χ2n) is 14.4. The van der Waals surface area contributed by atoms with Crippen LogP contribution in [0.3, 0.4) is 0 Å². The van der Waals surface area contributed by atoms with Crippen molar-refractivity contribution < 1.29 is 20.4 Å². The first-order chi connectivity index (χ1) is 25.3. The van der Waals surface area contributed by atoms with Gasteiger partial charge in [0.05, 0.1) is 37.5 Å². The van der Waals surface area contributed by atoms with E-state index in [-0.39, 0.29) is 26.4 Å². The molecule has 0 aromatic heterocycles. The Morgan fingerprint density at radius 2 is 0.673 bits per heavy atom. The van der Waals surface area contributed by atoms with Crippen molar-refractivity contribution in [2.24, 2.45) is 0 Å². The fraction of sp³-hybridized carbons (Fsp3) is 0.217. The van der Waals surface area contributed by atoms with Crippen molar-refractivity contribution in [3.63, 3.8) is 0 Å². The SMILES string of the molecule is CC(CO)(CO)NCc1cc2c3ccccc3ccc2c2ccccc12.CC(CO)(CO)NCc1cc2c3ccccc3ccc2c2ccccc12. The molecule has 8 rings (SSSR count). The zero-order chi connectivity index (χ0) is 36.3. The molecule has 0 saturated heterocycles. The fourth-order valence-corrected chi connectivity index (χ4v) is 7.11. The molecule has 0 fully saturated rings. The van der Waals surface area contributed by atoms with Gasteiger partial charge in [0.2, 0.25) is 0 Å². The highest BCUT2D eigenvalue weighted by molar-refractivity contribution is 6.19. The van der Waals surface area contributed by atoms with Crippen molar-refractivity contribution >= 4 is 64.6 Å². The Morgan fingerprint density at radius 1 is 0.365 bits per heavy atom. The number of aliphatic hydroxyl groups excluding tert-OH is 4. The Labute approximate surface area is 304 Å². The summed E-state index contributed by atoms with van der Waals surface area (Å²) in [6.45, 7) is 4.36. The molecule has 0 bridgehead atoms. The molecule has 0 amide bonds. The standard InChI is InChI=1S/2C23H23NO2/c2*1-23(14-25,15-26)24-13-17-12-22-18-7-3-2-6-16(18)10-11-21(22)20-9-5-4-8-19(17)20/h2*2-12,24-26H,13-15H2,1H3. The summed E-state index contributed by atoms with van der Waals surface area (Å²) in [4.78, 5) is 0. The maximum Gasteiger partial charge on any atom is 0.0633 e. The Balaban J connectivity index is 0.000000162. The second-order valence-corrected chi connectivity index (χ2v) is 14.4. The quantitative estimate of drug-likeness (QED) is 0.0815. The summed E-state index contributed by atoms with van der Waals surface area (Å²) in [6.07, 6.45) is 0. The van der Waals surface area contributed by atoms with Crippen LogP contribution >= 0.6 is 0 Å². The highest BCUT2D eigenvalue weighted by atomic mass is 16.3. The van der Waals surface area contributed by atoms with Gasteiger partial charge in [0.15, 0.2) is 0 Å². The van der Waals surface area contributed by atoms with Gasteiger partial charge in [-0.25, -0.2) is 0 Å². The molecule has 0 aliphatic carbocycles. The lowest BCUT2D eigenvalue weighted by Crippen LogP contribution is -2.48. The van der Waals surface area contributed by atoms with Crippen molar-refractivity contribution in [1.29, 1.82) is 0 Å². The van der Waals surface area contributed by atoms with Gasteiger partial charge in [-0.05, 0) is 102 Å². The van der Waals surface area contributed by atoms with Gasteiger partial charge in [-0.1, -0.05) is 121 Å². The Morgan fingerprint density at radius 3 is 1.04 bits per heavy atom. The van der Waals surface area contributed by atoms with Crippen LogP contribution in [0.25, 0.3) is 64.6 Å². The van der Waals surface area contributed by atoms with E-state index in [4.69, 9.17) is 0 Å². The van der Waals surface area contributed by atoms with Crippen molar-refractivity contribution in [2.75, 3.05) is 26.4 Å².